The lowest BCUT2D eigenvalue weighted by atomic mass is 10.2. The van der Waals surface area contributed by atoms with Gasteiger partial charge in [0.25, 0.3) is 5.91 Å². The zero-order chi connectivity index (χ0) is 18.8. The van der Waals surface area contributed by atoms with E-state index >= 15 is 0 Å². The van der Waals surface area contributed by atoms with Crippen molar-refractivity contribution in [1.82, 2.24) is 20.9 Å². The van der Waals surface area contributed by atoms with Gasteiger partial charge in [-0.3, -0.25) is 4.79 Å². The van der Waals surface area contributed by atoms with E-state index in [1.807, 2.05) is 19.1 Å². The van der Waals surface area contributed by atoms with Crippen molar-refractivity contribution in [2.75, 3.05) is 38.6 Å². The predicted octanol–water partition coefficient (Wildman–Crippen LogP) is -0.0588. The average molecular weight is 365 g/mol. The van der Waals surface area contributed by atoms with Crippen LogP contribution >= 0.6 is 0 Å². The number of hydrogen-bond donors (Lipinski definition) is 4. The van der Waals surface area contributed by atoms with Crippen molar-refractivity contribution < 1.29 is 24.0 Å². The number of nitrogens with one attached hydrogen (secondary N) is 2. The quantitative estimate of drug-likeness (QED) is 0.402. The van der Waals surface area contributed by atoms with Crippen molar-refractivity contribution in [1.29, 1.82) is 0 Å². The zero-order valence-electron chi connectivity index (χ0n) is 14.5. The minimum atomic E-state index is -0.436. The van der Waals surface area contributed by atoms with Crippen LogP contribution in [0.4, 0.5) is 5.82 Å². The maximum Gasteiger partial charge on any atom is 0.277 e. The highest BCUT2D eigenvalue weighted by molar-refractivity contribution is 5.95. The molecule has 2 aromatic rings. The number of ether oxygens (including phenoxy) is 2. The second-order valence-corrected chi connectivity index (χ2v) is 5.22. The first-order chi connectivity index (χ1) is 12.7. The van der Waals surface area contributed by atoms with Crippen LogP contribution in [0, 0.1) is 0 Å². The SMILES string of the molecule is CCOc1cc(CNCCNC(=O)c2nonc2N)ccc1OCCO. The summed E-state index contributed by atoms with van der Waals surface area (Å²) in [6.07, 6.45) is 0. The van der Waals surface area contributed by atoms with Gasteiger partial charge < -0.3 is 30.9 Å². The summed E-state index contributed by atoms with van der Waals surface area (Å²) in [6.45, 7) is 4.08. The molecule has 0 atom stereocenters. The number of carbonyl (C=O) groups excluding carboxylic acids is 1. The monoisotopic (exact) mass is 365 g/mol. The van der Waals surface area contributed by atoms with E-state index in [9.17, 15) is 4.79 Å². The molecule has 1 aromatic heterocycles. The predicted molar refractivity (Wildman–Crippen MR) is 92.9 cm³/mol. The molecular formula is C16H23N5O5. The van der Waals surface area contributed by atoms with E-state index in [1.54, 1.807) is 6.07 Å². The third-order valence-electron chi connectivity index (χ3n) is 3.30. The number of hydrogen-bond acceptors (Lipinski definition) is 9. The average Bonchev–Trinajstić information content (AvgIpc) is 3.07. The Morgan fingerprint density at radius 3 is 2.81 bits per heavy atom. The second-order valence-electron chi connectivity index (χ2n) is 5.22. The number of rotatable bonds is 11. The summed E-state index contributed by atoms with van der Waals surface area (Å²) < 4.78 is 15.4. The Morgan fingerprint density at radius 1 is 1.27 bits per heavy atom. The van der Waals surface area contributed by atoms with E-state index < -0.39 is 5.91 Å². The summed E-state index contributed by atoms with van der Waals surface area (Å²) >= 11 is 0. The fourth-order valence-corrected chi connectivity index (χ4v) is 2.14. The molecule has 0 aliphatic rings. The highest BCUT2D eigenvalue weighted by atomic mass is 16.6. The van der Waals surface area contributed by atoms with Gasteiger partial charge in [-0.15, -0.1) is 0 Å². The zero-order valence-corrected chi connectivity index (χ0v) is 14.5. The molecule has 0 aliphatic carbocycles. The highest BCUT2D eigenvalue weighted by Gasteiger charge is 2.14. The van der Waals surface area contributed by atoms with Crippen LogP contribution in [-0.2, 0) is 6.54 Å². The molecule has 0 saturated heterocycles. The van der Waals surface area contributed by atoms with Gasteiger partial charge in [-0.25, -0.2) is 4.63 Å². The molecule has 0 radical (unpaired) electrons. The Balaban J connectivity index is 1.77. The Bertz CT molecular complexity index is 706. The normalized spacial score (nSPS) is 10.5. The molecule has 10 nitrogen and oxygen atoms in total. The number of aliphatic hydroxyl groups is 1. The number of aliphatic hydroxyl groups excluding tert-OH is 1. The van der Waals surface area contributed by atoms with Crippen molar-refractivity contribution in [3.8, 4) is 11.5 Å². The standard InChI is InChI=1S/C16H23N5O5/c1-2-24-13-9-11(3-4-12(13)25-8-7-22)10-18-5-6-19-16(23)14-15(17)21-26-20-14/h3-4,9,18,22H,2,5-8,10H2,1H3,(H2,17,21)(H,19,23). The first-order valence-corrected chi connectivity index (χ1v) is 8.22. The number of carbonyl (C=O) groups is 1. The van der Waals surface area contributed by atoms with E-state index in [1.165, 1.54) is 0 Å². The number of nitrogen functional groups attached to an aromatic ring is 1. The maximum absolute atomic E-state index is 11.8. The number of aromatic nitrogens is 2. The van der Waals surface area contributed by atoms with E-state index in [2.05, 4.69) is 25.6 Å². The minimum absolute atomic E-state index is 0.0233. The van der Waals surface area contributed by atoms with E-state index in [4.69, 9.17) is 20.3 Å². The van der Waals surface area contributed by atoms with Gasteiger partial charge in [-0.2, -0.15) is 0 Å². The summed E-state index contributed by atoms with van der Waals surface area (Å²) in [5.41, 5.74) is 6.43. The third-order valence-corrected chi connectivity index (χ3v) is 3.30. The van der Waals surface area contributed by atoms with Crippen LogP contribution in [0.25, 0.3) is 0 Å². The Labute approximate surface area is 150 Å². The van der Waals surface area contributed by atoms with Gasteiger partial charge in [-0.05, 0) is 34.9 Å². The van der Waals surface area contributed by atoms with Crippen molar-refractivity contribution in [2.45, 2.75) is 13.5 Å². The summed E-state index contributed by atoms with van der Waals surface area (Å²) in [6, 6.07) is 5.59. The molecule has 1 aromatic carbocycles. The molecule has 0 unspecified atom stereocenters. The molecule has 1 amide bonds. The lowest BCUT2D eigenvalue weighted by Gasteiger charge is -2.13. The highest BCUT2D eigenvalue weighted by Crippen LogP contribution is 2.28. The van der Waals surface area contributed by atoms with Crippen molar-refractivity contribution in [3.05, 3.63) is 29.5 Å². The molecule has 1 heterocycles. The van der Waals surface area contributed by atoms with Crippen molar-refractivity contribution >= 4 is 11.7 Å². The van der Waals surface area contributed by atoms with Crippen LogP contribution in [-0.4, -0.2) is 54.2 Å². The summed E-state index contributed by atoms with van der Waals surface area (Å²) in [4.78, 5) is 11.8. The molecule has 0 spiro atoms. The van der Waals surface area contributed by atoms with E-state index in [-0.39, 0.29) is 24.7 Å². The number of amides is 1. The molecule has 5 N–H and O–H groups in total. The molecule has 0 fully saturated rings. The summed E-state index contributed by atoms with van der Waals surface area (Å²) in [7, 11) is 0. The first kappa shape index (κ1) is 19.5. The number of nitrogens with two attached hydrogens (primary N) is 1. The van der Waals surface area contributed by atoms with Crippen LogP contribution in [0.3, 0.4) is 0 Å². The smallest absolute Gasteiger partial charge is 0.277 e. The van der Waals surface area contributed by atoms with Gasteiger partial charge in [-0.1, -0.05) is 6.07 Å². The van der Waals surface area contributed by atoms with Crippen LogP contribution < -0.4 is 25.8 Å². The van der Waals surface area contributed by atoms with E-state index in [0.717, 1.165) is 5.56 Å². The van der Waals surface area contributed by atoms with Gasteiger partial charge in [0, 0.05) is 19.6 Å². The van der Waals surface area contributed by atoms with Crippen LogP contribution in [0.5, 0.6) is 11.5 Å². The maximum atomic E-state index is 11.8. The number of benzene rings is 1. The van der Waals surface area contributed by atoms with Crippen molar-refractivity contribution in [2.24, 2.45) is 0 Å². The van der Waals surface area contributed by atoms with Crippen LogP contribution in [0.15, 0.2) is 22.8 Å². The molecule has 0 saturated carbocycles. The topological polar surface area (TPSA) is 145 Å². The minimum Gasteiger partial charge on any atom is -0.490 e. The number of nitrogens with zero attached hydrogens (tertiary/aromatic N) is 2. The third kappa shape index (κ3) is 5.60. The molecular weight excluding hydrogens is 342 g/mol. The molecule has 0 aliphatic heterocycles. The second kappa shape index (κ2) is 10.2. The van der Waals surface area contributed by atoms with Crippen LogP contribution in [0.1, 0.15) is 23.0 Å². The Kier molecular flexibility index (Phi) is 7.65. The fraction of sp³-hybridized carbons (Fsp3) is 0.438. The molecule has 10 heteroatoms. The lowest BCUT2D eigenvalue weighted by Crippen LogP contribution is -2.32. The lowest BCUT2D eigenvalue weighted by molar-refractivity contribution is 0.0944. The molecule has 2 rings (SSSR count). The van der Waals surface area contributed by atoms with Gasteiger partial charge in [0.15, 0.2) is 11.5 Å². The molecule has 142 valence electrons. The molecule has 0 bridgehead atoms. The molecule has 26 heavy (non-hydrogen) atoms. The van der Waals surface area contributed by atoms with Gasteiger partial charge in [0.05, 0.1) is 13.2 Å². The Morgan fingerprint density at radius 2 is 2.12 bits per heavy atom. The van der Waals surface area contributed by atoms with Crippen LogP contribution in [0.2, 0.25) is 0 Å². The fourth-order valence-electron chi connectivity index (χ4n) is 2.14. The van der Waals surface area contributed by atoms with Gasteiger partial charge in [0.1, 0.15) is 6.61 Å². The summed E-state index contributed by atoms with van der Waals surface area (Å²) in [5.74, 6) is 0.746. The van der Waals surface area contributed by atoms with E-state index in [0.29, 0.717) is 37.7 Å². The van der Waals surface area contributed by atoms with Gasteiger partial charge >= 0.3 is 0 Å². The summed E-state index contributed by atoms with van der Waals surface area (Å²) in [5, 5.41) is 21.5. The largest absolute Gasteiger partial charge is 0.490 e. The first-order valence-electron chi connectivity index (χ1n) is 8.22. The van der Waals surface area contributed by atoms with Gasteiger partial charge in [0.2, 0.25) is 11.5 Å². The van der Waals surface area contributed by atoms with Crippen molar-refractivity contribution in [3.63, 3.8) is 0 Å². The number of anilines is 1. The Hall–Kier alpha value is -2.85.